The van der Waals surface area contributed by atoms with Gasteiger partial charge in [-0.15, -0.1) is 0 Å². The molecule has 2 heterocycles. The molecular formula is C20H30N4O. The summed E-state index contributed by atoms with van der Waals surface area (Å²) < 4.78 is 0. The van der Waals surface area contributed by atoms with Crippen molar-refractivity contribution in [3.05, 3.63) is 24.4 Å². The maximum absolute atomic E-state index is 12.5. The minimum atomic E-state index is 0.196. The predicted molar refractivity (Wildman–Crippen MR) is 99.4 cm³/mol. The molecule has 1 aromatic heterocycles. The number of piperazine rings is 1. The van der Waals surface area contributed by atoms with E-state index in [4.69, 9.17) is 0 Å². The highest BCUT2D eigenvalue weighted by molar-refractivity contribution is 5.78. The van der Waals surface area contributed by atoms with Crippen LogP contribution in [-0.2, 0) is 4.79 Å². The van der Waals surface area contributed by atoms with Crippen LogP contribution < -0.4 is 10.2 Å². The van der Waals surface area contributed by atoms with E-state index in [0.29, 0.717) is 18.5 Å². The molecular weight excluding hydrogens is 312 g/mol. The zero-order valence-corrected chi connectivity index (χ0v) is 15.2. The maximum Gasteiger partial charge on any atom is 0.234 e. The Morgan fingerprint density at radius 1 is 1.24 bits per heavy atom. The van der Waals surface area contributed by atoms with Crippen molar-refractivity contribution in [2.75, 3.05) is 37.6 Å². The van der Waals surface area contributed by atoms with Crippen molar-refractivity contribution in [3.8, 4) is 0 Å². The molecule has 1 amide bonds. The van der Waals surface area contributed by atoms with E-state index in [9.17, 15) is 4.79 Å². The minimum Gasteiger partial charge on any atom is -0.354 e. The summed E-state index contributed by atoms with van der Waals surface area (Å²) in [4.78, 5) is 21.4. The van der Waals surface area contributed by atoms with E-state index < -0.39 is 0 Å². The number of anilines is 1. The third-order valence-corrected chi connectivity index (χ3v) is 6.54. The maximum atomic E-state index is 12.5. The molecule has 1 N–H and O–H groups in total. The molecule has 3 aliphatic rings. The first-order valence-electron chi connectivity index (χ1n) is 9.87. The van der Waals surface area contributed by atoms with E-state index in [1.54, 1.807) is 0 Å². The van der Waals surface area contributed by atoms with Gasteiger partial charge in [0.25, 0.3) is 0 Å². The van der Waals surface area contributed by atoms with E-state index in [-0.39, 0.29) is 5.91 Å². The Morgan fingerprint density at radius 2 is 2.08 bits per heavy atom. The van der Waals surface area contributed by atoms with Crippen LogP contribution in [0.5, 0.6) is 0 Å². The normalized spacial score (nSPS) is 30.4. The molecule has 1 aliphatic heterocycles. The van der Waals surface area contributed by atoms with Gasteiger partial charge >= 0.3 is 0 Å². The third kappa shape index (κ3) is 3.81. The van der Waals surface area contributed by atoms with Crippen molar-refractivity contribution in [1.29, 1.82) is 0 Å². The summed E-state index contributed by atoms with van der Waals surface area (Å²) in [6, 6.07) is 6.36. The highest BCUT2D eigenvalue weighted by atomic mass is 16.2. The highest BCUT2D eigenvalue weighted by Crippen LogP contribution is 2.49. The number of nitrogens with one attached hydrogen (secondary N) is 1. The number of hydrogen-bond donors (Lipinski definition) is 1. The molecule has 4 atom stereocenters. The molecule has 1 aromatic rings. The van der Waals surface area contributed by atoms with E-state index in [1.165, 1.54) is 25.7 Å². The van der Waals surface area contributed by atoms with Gasteiger partial charge in [0.05, 0.1) is 6.54 Å². The van der Waals surface area contributed by atoms with Crippen LogP contribution in [0.2, 0.25) is 0 Å². The molecule has 0 aromatic carbocycles. The second kappa shape index (κ2) is 7.32. The van der Waals surface area contributed by atoms with Crippen molar-refractivity contribution >= 4 is 11.7 Å². The Morgan fingerprint density at radius 3 is 2.72 bits per heavy atom. The topological polar surface area (TPSA) is 48.5 Å². The molecule has 2 bridgehead atoms. The fourth-order valence-corrected chi connectivity index (χ4v) is 5.19. The van der Waals surface area contributed by atoms with E-state index >= 15 is 0 Å². The summed E-state index contributed by atoms with van der Waals surface area (Å²) in [6.45, 7) is 6.46. The van der Waals surface area contributed by atoms with E-state index in [1.807, 2.05) is 18.3 Å². The Hall–Kier alpha value is -1.62. The number of pyridine rings is 1. The largest absolute Gasteiger partial charge is 0.354 e. The molecule has 0 radical (unpaired) electrons. The van der Waals surface area contributed by atoms with Gasteiger partial charge in [0.2, 0.25) is 5.91 Å². The number of aromatic nitrogens is 1. The number of carbonyl (C=O) groups excluding carboxylic acids is 1. The van der Waals surface area contributed by atoms with Gasteiger partial charge in [-0.05, 0) is 56.1 Å². The first kappa shape index (κ1) is 16.8. The Bertz CT molecular complexity index is 585. The van der Waals surface area contributed by atoms with Crippen molar-refractivity contribution in [2.24, 2.45) is 17.8 Å². The minimum absolute atomic E-state index is 0.196. The van der Waals surface area contributed by atoms with Gasteiger partial charge < -0.3 is 10.2 Å². The molecule has 3 fully saturated rings. The molecule has 136 valence electrons. The fourth-order valence-electron chi connectivity index (χ4n) is 5.19. The molecule has 5 nitrogen and oxygen atoms in total. The summed E-state index contributed by atoms with van der Waals surface area (Å²) in [7, 11) is 0. The highest BCUT2D eigenvalue weighted by Gasteiger charge is 2.42. The summed E-state index contributed by atoms with van der Waals surface area (Å²) in [5, 5.41) is 3.29. The lowest BCUT2D eigenvalue weighted by Crippen LogP contribution is -2.51. The Balaban J connectivity index is 1.21. The quantitative estimate of drug-likeness (QED) is 0.891. The van der Waals surface area contributed by atoms with Crippen LogP contribution in [0.25, 0.3) is 0 Å². The first-order valence-corrected chi connectivity index (χ1v) is 9.87. The van der Waals surface area contributed by atoms with Crippen LogP contribution in [0.3, 0.4) is 0 Å². The second-order valence-corrected chi connectivity index (χ2v) is 8.15. The van der Waals surface area contributed by atoms with Crippen LogP contribution >= 0.6 is 0 Å². The number of fused-ring (bicyclic) bond motifs is 2. The summed E-state index contributed by atoms with van der Waals surface area (Å²) in [5.41, 5.74) is 0. The Kier molecular flexibility index (Phi) is 4.93. The summed E-state index contributed by atoms with van der Waals surface area (Å²) in [5.74, 6) is 3.75. The second-order valence-electron chi connectivity index (χ2n) is 8.15. The van der Waals surface area contributed by atoms with Gasteiger partial charge in [0.15, 0.2) is 0 Å². The lowest BCUT2D eigenvalue weighted by atomic mass is 9.84. The molecule has 5 heteroatoms. The van der Waals surface area contributed by atoms with Crippen LogP contribution in [0.15, 0.2) is 24.4 Å². The SMILES string of the molecule is C[C@@H](NC(=O)CN1CCN(c2ccccn2)CC1)[C@H]1C[C@H]2CC[C@H]1C2. The number of amides is 1. The average molecular weight is 342 g/mol. The van der Waals surface area contributed by atoms with Gasteiger partial charge in [-0.25, -0.2) is 4.98 Å². The average Bonchev–Trinajstić information content (AvgIpc) is 3.26. The zero-order valence-electron chi connectivity index (χ0n) is 15.2. The van der Waals surface area contributed by atoms with Gasteiger partial charge in [-0.3, -0.25) is 9.69 Å². The fraction of sp³-hybridized carbons (Fsp3) is 0.700. The van der Waals surface area contributed by atoms with Crippen LogP contribution in [0.4, 0.5) is 5.82 Å². The number of hydrogen-bond acceptors (Lipinski definition) is 4. The summed E-state index contributed by atoms with van der Waals surface area (Å²) in [6.07, 6.45) is 7.37. The molecule has 25 heavy (non-hydrogen) atoms. The zero-order chi connectivity index (χ0) is 17.2. The van der Waals surface area contributed by atoms with Crippen molar-refractivity contribution < 1.29 is 4.79 Å². The van der Waals surface area contributed by atoms with E-state index in [0.717, 1.165) is 43.8 Å². The van der Waals surface area contributed by atoms with Gasteiger partial charge in [0.1, 0.15) is 5.82 Å². The van der Waals surface area contributed by atoms with Crippen LogP contribution in [0.1, 0.15) is 32.6 Å². The molecule has 1 saturated heterocycles. The van der Waals surface area contributed by atoms with Crippen molar-refractivity contribution in [2.45, 2.75) is 38.6 Å². The van der Waals surface area contributed by atoms with Gasteiger partial charge in [-0.1, -0.05) is 12.5 Å². The molecule has 2 aliphatic carbocycles. The number of carbonyl (C=O) groups is 1. The lowest BCUT2D eigenvalue weighted by molar-refractivity contribution is -0.123. The molecule has 0 spiro atoms. The third-order valence-electron chi connectivity index (χ3n) is 6.54. The molecule has 0 unspecified atom stereocenters. The Labute approximate surface area is 150 Å². The first-order chi connectivity index (χ1) is 12.2. The van der Waals surface area contributed by atoms with Crippen molar-refractivity contribution in [1.82, 2.24) is 15.2 Å². The van der Waals surface area contributed by atoms with E-state index in [2.05, 4.69) is 33.1 Å². The van der Waals surface area contributed by atoms with Crippen molar-refractivity contribution in [3.63, 3.8) is 0 Å². The monoisotopic (exact) mass is 342 g/mol. The number of nitrogens with zero attached hydrogens (tertiary/aromatic N) is 3. The van der Waals surface area contributed by atoms with Gasteiger partial charge in [-0.2, -0.15) is 0 Å². The smallest absolute Gasteiger partial charge is 0.234 e. The summed E-state index contributed by atoms with van der Waals surface area (Å²) >= 11 is 0. The van der Waals surface area contributed by atoms with Crippen LogP contribution in [-0.4, -0.2) is 54.6 Å². The molecule has 2 saturated carbocycles. The predicted octanol–water partition coefficient (Wildman–Crippen LogP) is 2.14. The van der Waals surface area contributed by atoms with Gasteiger partial charge in [0, 0.05) is 38.4 Å². The standard InChI is InChI=1S/C20H30N4O/c1-15(18-13-16-5-6-17(18)12-16)22-20(25)14-23-8-10-24(11-9-23)19-4-2-3-7-21-19/h2-4,7,15-18H,5-6,8-14H2,1H3,(H,22,25)/t15-,16+,17+,18-/m1/s1. The lowest BCUT2D eigenvalue weighted by Gasteiger charge is -2.35. The molecule has 4 rings (SSSR count). The number of rotatable bonds is 5. The van der Waals surface area contributed by atoms with Crippen LogP contribution in [0, 0.1) is 17.8 Å².